The Morgan fingerprint density at radius 1 is 1.20 bits per heavy atom. The Labute approximate surface area is 153 Å². The van der Waals surface area contributed by atoms with Crippen molar-refractivity contribution < 1.29 is 19.1 Å². The molecule has 0 saturated carbocycles. The third-order valence-corrected chi connectivity index (χ3v) is 4.60. The van der Waals surface area contributed by atoms with Crippen molar-refractivity contribution in [2.45, 2.75) is 18.9 Å². The summed E-state index contributed by atoms with van der Waals surface area (Å²) < 4.78 is 10.5. The summed E-state index contributed by atoms with van der Waals surface area (Å²) in [5, 5.41) is 6.06. The van der Waals surface area contributed by atoms with Gasteiger partial charge in [0.25, 0.3) is 0 Å². The van der Waals surface area contributed by atoms with Crippen LogP contribution in [0.5, 0.6) is 11.5 Å². The molecule has 2 heterocycles. The molecule has 2 aliphatic heterocycles. The Bertz CT molecular complexity index is 612. The van der Waals surface area contributed by atoms with E-state index in [-0.39, 0.29) is 30.1 Å². The molecule has 7 nitrogen and oxygen atoms in total. The Balaban J connectivity index is 0.00000225. The van der Waals surface area contributed by atoms with Crippen molar-refractivity contribution in [1.82, 2.24) is 10.6 Å². The van der Waals surface area contributed by atoms with Crippen LogP contribution in [0, 0.1) is 5.92 Å². The van der Waals surface area contributed by atoms with Crippen LogP contribution in [0.3, 0.4) is 0 Å². The van der Waals surface area contributed by atoms with Gasteiger partial charge in [-0.2, -0.15) is 0 Å². The maximum Gasteiger partial charge on any atom is 0.249 e. The van der Waals surface area contributed by atoms with Crippen molar-refractivity contribution in [2.75, 3.05) is 38.8 Å². The average Bonchev–Trinajstić information content (AvgIpc) is 3.25. The van der Waals surface area contributed by atoms with Crippen LogP contribution in [0.4, 0.5) is 5.69 Å². The molecule has 2 atom stereocenters. The lowest BCUT2D eigenvalue weighted by molar-refractivity contribution is -0.128. The molecular weight excluding hydrogens is 346 g/mol. The zero-order valence-corrected chi connectivity index (χ0v) is 15.2. The summed E-state index contributed by atoms with van der Waals surface area (Å²) in [4.78, 5) is 26.6. The summed E-state index contributed by atoms with van der Waals surface area (Å²) in [7, 11) is 3.14. The van der Waals surface area contributed by atoms with Gasteiger partial charge in [0.15, 0.2) is 0 Å². The number of amides is 2. The normalized spacial score (nSPS) is 22.5. The molecule has 2 fully saturated rings. The lowest BCUT2D eigenvalue weighted by Crippen LogP contribution is -2.44. The molecule has 2 unspecified atom stereocenters. The molecule has 1 aromatic carbocycles. The van der Waals surface area contributed by atoms with Gasteiger partial charge in [0.2, 0.25) is 11.8 Å². The number of nitrogens with zero attached hydrogens (tertiary/aromatic N) is 1. The van der Waals surface area contributed by atoms with Crippen LogP contribution in [0.15, 0.2) is 18.2 Å². The van der Waals surface area contributed by atoms with Gasteiger partial charge in [-0.1, -0.05) is 0 Å². The molecule has 8 heteroatoms. The van der Waals surface area contributed by atoms with E-state index in [0.717, 1.165) is 18.7 Å². The zero-order chi connectivity index (χ0) is 17.1. The Hall–Kier alpha value is -1.99. The number of nitrogens with one attached hydrogen (secondary N) is 2. The van der Waals surface area contributed by atoms with Crippen molar-refractivity contribution >= 4 is 29.9 Å². The van der Waals surface area contributed by atoms with Gasteiger partial charge in [-0.25, -0.2) is 0 Å². The molecule has 138 valence electrons. The van der Waals surface area contributed by atoms with Crippen molar-refractivity contribution in [3.8, 4) is 11.5 Å². The number of carbonyl (C=O) groups excluding carboxylic acids is 2. The number of anilines is 1. The lowest BCUT2D eigenvalue weighted by atomic mass is 10.1. The van der Waals surface area contributed by atoms with E-state index < -0.39 is 6.04 Å². The molecule has 2 amide bonds. The number of carbonyl (C=O) groups is 2. The Kier molecular flexibility index (Phi) is 6.50. The standard InChI is InChI=1S/C17H23N3O4.ClH/c1-23-13-7-12(8-14(9-13)24-2)20-6-4-15(17(20)22)19-16(21)11-3-5-18-10-11;/h7-9,11,15,18H,3-6,10H2,1-2H3,(H,19,21);1H. The summed E-state index contributed by atoms with van der Waals surface area (Å²) in [6.07, 6.45) is 1.42. The smallest absolute Gasteiger partial charge is 0.249 e. The summed E-state index contributed by atoms with van der Waals surface area (Å²) in [5.74, 6) is 1.08. The summed E-state index contributed by atoms with van der Waals surface area (Å²) in [6, 6.07) is 4.89. The highest BCUT2D eigenvalue weighted by atomic mass is 35.5. The van der Waals surface area contributed by atoms with E-state index >= 15 is 0 Å². The van der Waals surface area contributed by atoms with Crippen LogP contribution >= 0.6 is 12.4 Å². The van der Waals surface area contributed by atoms with Gasteiger partial charge < -0.3 is 25.0 Å². The molecule has 0 spiro atoms. The van der Waals surface area contributed by atoms with Gasteiger partial charge in [0.1, 0.15) is 17.5 Å². The molecule has 0 bridgehead atoms. The van der Waals surface area contributed by atoms with Gasteiger partial charge in [0.05, 0.1) is 25.8 Å². The van der Waals surface area contributed by atoms with Crippen molar-refractivity contribution in [3.63, 3.8) is 0 Å². The largest absolute Gasteiger partial charge is 0.497 e. The minimum atomic E-state index is -0.463. The molecule has 1 aromatic rings. The summed E-state index contributed by atoms with van der Waals surface area (Å²) in [5.41, 5.74) is 0.718. The van der Waals surface area contributed by atoms with Crippen LogP contribution in [-0.2, 0) is 9.59 Å². The second-order valence-electron chi connectivity index (χ2n) is 6.10. The van der Waals surface area contributed by atoms with E-state index in [1.54, 1.807) is 37.3 Å². The van der Waals surface area contributed by atoms with Gasteiger partial charge >= 0.3 is 0 Å². The van der Waals surface area contributed by atoms with Crippen LogP contribution in [0.1, 0.15) is 12.8 Å². The number of ether oxygens (including phenoxy) is 2. The van der Waals surface area contributed by atoms with E-state index in [2.05, 4.69) is 10.6 Å². The SMILES string of the molecule is COc1cc(OC)cc(N2CCC(NC(=O)C3CCNC3)C2=O)c1.Cl. The highest BCUT2D eigenvalue weighted by Crippen LogP contribution is 2.31. The molecule has 2 aliphatic rings. The molecule has 3 rings (SSSR count). The average molecular weight is 370 g/mol. The van der Waals surface area contributed by atoms with Gasteiger partial charge in [0, 0.05) is 31.3 Å². The van der Waals surface area contributed by atoms with Crippen LogP contribution in [0.25, 0.3) is 0 Å². The van der Waals surface area contributed by atoms with Crippen LogP contribution in [0.2, 0.25) is 0 Å². The van der Waals surface area contributed by atoms with Crippen molar-refractivity contribution in [3.05, 3.63) is 18.2 Å². The number of benzene rings is 1. The van der Waals surface area contributed by atoms with Gasteiger partial charge in [-0.3, -0.25) is 9.59 Å². The molecule has 0 radical (unpaired) electrons. The first kappa shape index (κ1) is 19.3. The van der Waals surface area contributed by atoms with Crippen LogP contribution in [-0.4, -0.2) is 51.7 Å². The second-order valence-corrected chi connectivity index (χ2v) is 6.10. The zero-order valence-electron chi connectivity index (χ0n) is 14.4. The van der Waals surface area contributed by atoms with E-state index in [1.807, 2.05) is 0 Å². The first-order valence-corrected chi connectivity index (χ1v) is 8.18. The third-order valence-electron chi connectivity index (χ3n) is 4.60. The van der Waals surface area contributed by atoms with Gasteiger partial charge in [-0.15, -0.1) is 12.4 Å². The predicted octanol–water partition coefficient (Wildman–Crippen LogP) is 0.957. The van der Waals surface area contributed by atoms with Gasteiger partial charge in [-0.05, 0) is 19.4 Å². The minimum absolute atomic E-state index is 0. The lowest BCUT2D eigenvalue weighted by Gasteiger charge is -2.19. The van der Waals surface area contributed by atoms with E-state index in [4.69, 9.17) is 9.47 Å². The molecular formula is C17H24ClN3O4. The number of hydrogen-bond acceptors (Lipinski definition) is 5. The number of hydrogen-bond donors (Lipinski definition) is 2. The molecule has 0 aliphatic carbocycles. The van der Waals surface area contributed by atoms with E-state index in [1.165, 1.54) is 0 Å². The number of methoxy groups -OCH3 is 2. The molecule has 2 saturated heterocycles. The predicted molar refractivity (Wildman–Crippen MR) is 96.7 cm³/mol. The topological polar surface area (TPSA) is 79.9 Å². The number of rotatable bonds is 5. The molecule has 2 N–H and O–H groups in total. The Morgan fingerprint density at radius 2 is 1.88 bits per heavy atom. The fraction of sp³-hybridized carbons (Fsp3) is 0.529. The second kappa shape index (κ2) is 8.40. The highest BCUT2D eigenvalue weighted by molar-refractivity contribution is 6.01. The van der Waals surface area contributed by atoms with E-state index in [9.17, 15) is 9.59 Å². The molecule has 0 aromatic heterocycles. The summed E-state index contributed by atoms with van der Waals surface area (Å²) in [6.45, 7) is 2.10. The first-order valence-electron chi connectivity index (χ1n) is 8.18. The number of halogens is 1. The monoisotopic (exact) mass is 369 g/mol. The fourth-order valence-corrected chi connectivity index (χ4v) is 3.19. The van der Waals surface area contributed by atoms with Crippen molar-refractivity contribution in [1.29, 1.82) is 0 Å². The van der Waals surface area contributed by atoms with E-state index in [0.29, 0.717) is 31.0 Å². The maximum atomic E-state index is 12.7. The van der Waals surface area contributed by atoms with Crippen molar-refractivity contribution in [2.24, 2.45) is 5.92 Å². The molecule has 25 heavy (non-hydrogen) atoms. The quantitative estimate of drug-likeness (QED) is 0.808. The minimum Gasteiger partial charge on any atom is -0.497 e. The highest BCUT2D eigenvalue weighted by Gasteiger charge is 2.35. The first-order chi connectivity index (χ1) is 11.6. The fourth-order valence-electron chi connectivity index (χ4n) is 3.19. The third kappa shape index (κ3) is 4.16. The maximum absolute atomic E-state index is 12.7. The Morgan fingerprint density at radius 3 is 2.44 bits per heavy atom. The summed E-state index contributed by atoms with van der Waals surface area (Å²) >= 11 is 0. The van der Waals surface area contributed by atoms with Crippen LogP contribution < -0.4 is 25.0 Å².